The third kappa shape index (κ3) is 2.24. The molecule has 1 amide bonds. The lowest BCUT2D eigenvalue weighted by Crippen LogP contribution is -2.10. The molecule has 0 fully saturated rings. The highest BCUT2D eigenvalue weighted by Crippen LogP contribution is 2.03. The zero-order valence-electron chi connectivity index (χ0n) is 6.61. The van der Waals surface area contributed by atoms with E-state index in [2.05, 4.69) is 9.36 Å². The van der Waals surface area contributed by atoms with Crippen LogP contribution in [0.2, 0.25) is 0 Å². The van der Waals surface area contributed by atoms with E-state index >= 15 is 0 Å². The molecule has 1 rings (SSSR count). The van der Waals surface area contributed by atoms with Crippen molar-refractivity contribution in [3.63, 3.8) is 0 Å². The van der Waals surface area contributed by atoms with Crippen molar-refractivity contribution in [2.24, 2.45) is 5.73 Å². The summed E-state index contributed by atoms with van der Waals surface area (Å²) in [4.78, 5) is 14.5. The average molecular weight is 187 g/mol. The van der Waals surface area contributed by atoms with Crippen LogP contribution in [0.4, 0.5) is 0 Å². The molecular formula is C6H9N3O2S. The standard InChI is InChI=1S/C6H9N3O2S/c1-11-3-2-4-8-6(5(7)10)12-9-4/h2-3H2,1H3,(H2,7,10). The van der Waals surface area contributed by atoms with Crippen molar-refractivity contribution in [2.75, 3.05) is 13.7 Å². The topological polar surface area (TPSA) is 78.1 Å². The highest BCUT2D eigenvalue weighted by molar-refractivity contribution is 7.07. The number of nitrogens with two attached hydrogens (primary N) is 1. The molecule has 66 valence electrons. The number of carbonyl (C=O) groups excluding carboxylic acids is 1. The van der Waals surface area contributed by atoms with Gasteiger partial charge in [0.05, 0.1) is 6.61 Å². The van der Waals surface area contributed by atoms with Crippen LogP contribution in [-0.4, -0.2) is 29.0 Å². The van der Waals surface area contributed by atoms with E-state index in [-0.39, 0.29) is 5.01 Å². The Morgan fingerprint density at radius 2 is 2.50 bits per heavy atom. The van der Waals surface area contributed by atoms with Crippen LogP contribution in [0.15, 0.2) is 0 Å². The third-order valence-corrected chi connectivity index (χ3v) is 1.98. The van der Waals surface area contributed by atoms with Gasteiger partial charge < -0.3 is 10.5 Å². The molecule has 12 heavy (non-hydrogen) atoms. The molecule has 0 bridgehead atoms. The zero-order chi connectivity index (χ0) is 8.97. The van der Waals surface area contributed by atoms with Gasteiger partial charge in [0.1, 0.15) is 5.82 Å². The summed E-state index contributed by atoms with van der Waals surface area (Å²) in [6, 6.07) is 0. The van der Waals surface area contributed by atoms with Gasteiger partial charge in [-0.3, -0.25) is 4.79 Å². The maximum absolute atomic E-state index is 10.6. The summed E-state index contributed by atoms with van der Waals surface area (Å²) in [5, 5.41) is 0.251. The Labute approximate surface area is 73.7 Å². The predicted molar refractivity (Wildman–Crippen MR) is 44.0 cm³/mol. The molecule has 2 N–H and O–H groups in total. The molecular weight excluding hydrogens is 178 g/mol. The molecule has 0 aromatic carbocycles. The minimum Gasteiger partial charge on any atom is -0.384 e. The number of hydrogen-bond donors (Lipinski definition) is 1. The number of ether oxygens (including phenoxy) is 1. The van der Waals surface area contributed by atoms with Crippen molar-refractivity contribution < 1.29 is 9.53 Å². The average Bonchev–Trinajstić information content (AvgIpc) is 2.48. The van der Waals surface area contributed by atoms with E-state index in [1.165, 1.54) is 0 Å². The van der Waals surface area contributed by atoms with E-state index in [0.29, 0.717) is 18.9 Å². The first-order valence-electron chi connectivity index (χ1n) is 3.35. The summed E-state index contributed by atoms with van der Waals surface area (Å²) in [6.07, 6.45) is 0.611. The highest BCUT2D eigenvalue weighted by atomic mass is 32.1. The Kier molecular flexibility index (Phi) is 3.12. The van der Waals surface area contributed by atoms with Gasteiger partial charge in [0, 0.05) is 13.5 Å². The Hall–Kier alpha value is -1.01. The molecule has 0 spiro atoms. The highest BCUT2D eigenvalue weighted by Gasteiger charge is 2.07. The van der Waals surface area contributed by atoms with Crippen molar-refractivity contribution in [2.45, 2.75) is 6.42 Å². The lowest BCUT2D eigenvalue weighted by Gasteiger charge is -1.91. The summed E-state index contributed by atoms with van der Waals surface area (Å²) in [5.41, 5.74) is 4.99. The van der Waals surface area contributed by atoms with Gasteiger partial charge in [-0.1, -0.05) is 0 Å². The van der Waals surface area contributed by atoms with Crippen molar-refractivity contribution in [3.05, 3.63) is 10.8 Å². The Morgan fingerprint density at radius 3 is 3.00 bits per heavy atom. The fraction of sp³-hybridized carbons (Fsp3) is 0.500. The number of amides is 1. The van der Waals surface area contributed by atoms with Gasteiger partial charge in [0.25, 0.3) is 5.91 Å². The molecule has 6 heteroatoms. The quantitative estimate of drug-likeness (QED) is 0.709. The van der Waals surface area contributed by atoms with Gasteiger partial charge in [-0.2, -0.15) is 4.37 Å². The minimum atomic E-state index is -0.531. The van der Waals surface area contributed by atoms with Crippen molar-refractivity contribution >= 4 is 17.4 Å². The lowest BCUT2D eigenvalue weighted by atomic mass is 10.4. The zero-order valence-corrected chi connectivity index (χ0v) is 7.43. The normalized spacial score (nSPS) is 10.1. The van der Waals surface area contributed by atoms with Crippen LogP contribution in [-0.2, 0) is 11.2 Å². The number of aromatic nitrogens is 2. The molecule has 0 atom stereocenters. The summed E-state index contributed by atoms with van der Waals surface area (Å²) >= 11 is 1.02. The summed E-state index contributed by atoms with van der Waals surface area (Å²) < 4.78 is 8.75. The number of methoxy groups -OCH3 is 1. The number of hydrogen-bond acceptors (Lipinski definition) is 5. The molecule has 0 unspecified atom stereocenters. The van der Waals surface area contributed by atoms with Gasteiger partial charge in [-0.25, -0.2) is 4.98 Å². The molecule has 0 saturated carbocycles. The summed E-state index contributed by atoms with van der Waals surface area (Å²) in [7, 11) is 1.60. The molecule has 5 nitrogen and oxygen atoms in total. The van der Waals surface area contributed by atoms with Crippen molar-refractivity contribution in [1.29, 1.82) is 0 Å². The number of nitrogens with zero attached hydrogens (tertiary/aromatic N) is 2. The third-order valence-electron chi connectivity index (χ3n) is 1.21. The Bertz CT molecular complexity index is 274. The van der Waals surface area contributed by atoms with Crippen LogP contribution in [0.3, 0.4) is 0 Å². The van der Waals surface area contributed by atoms with Crippen molar-refractivity contribution in [3.8, 4) is 0 Å². The molecule has 1 aromatic rings. The van der Waals surface area contributed by atoms with Crippen LogP contribution in [0.5, 0.6) is 0 Å². The Balaban J connectivity index is 2.58. The van der Waals surface area contributed by atoms with Crippen LogP contribution in [0.1, 0.15) is 15.6 Å². The smallest absolute Gasteiger partial charge is 0.279 e. The minimum absolute atomic E-state index is 0.251. The number of primary amides is 1. The molecule has 0 aliphatic heterocycles. The first-order valence-corrected chi connectivity index (χ1v) is 4.12. The molecule has 0 aliphatic rings. The van der Waals surface area contributed by atoms with Crippen LogP contribution < -0.4 is 5.73 Å². The molecule has 1 aromatic heterocycles. The van der Waals surface area contributed by atoms with Crippen molar-refractivity contribution in [1.82, 2.24) is 9.36 Å². The largest absolute Gasteiger partial charge is 0.384 e. The van der Waals surface area contributed by atoms with E-state index in [4.69, 9.17) is 10.5 Å². The second kappa shape index (κ2) is 4.13. The second-order valence-electron chi connectivity index (χ2n) is 2.12. The molecule has 0 saturated heterocycles. The van der Waals surface area contributed by atoms with Gasteiger partial charge in [-0.15, -0.1) is 0 Å². The summed E-state index contributed by atoms with van der Waals surface area (Å²) in [5.74, 6) is 0.0758. The fourth-order valence-corrected chi connectivity index (χ4v) is 1.21. The first-order chi connectivity index (χ1) is 5.74. The van der Waals surface area contributed by atoms with E-state index < -0.39 is 5.91 Å². The van der Waals surface area contributed by atoms with Gasteiger partial charge in [0.2, 0.25) is 5.01 Å². The molecule has 1 heterocycles. The van der Waals surface area contributed by atoms with Gasteiger partial charge in [-0.05, 0) is 11.5 Å². The van der Waals surface area contributed by atoms with Crippen LogP contribution >= 0.6 is 11.5 Å². The van der Waals surface area contributed by atoms with E-state index in [0.717, 1.165) is 11.5 Å². The fourth-order valence-electron chi connectivity index (χ4n) is 0.649. The second-order valence-corrected chi connectivity index (χ2v) is 2.87. The number of carbonyl (C=O) groups is 1. The SMILES string of the molecule is COCCc1nsc(C(N)=O)n1. The van der Waals surface area contributed by atoms with Gasteiger partial charge >= 0.3 is 0 Å². The predicted octanol–water partition coefficient (Wildman–Crippen LogP) is -0.174. The summed E-state index contributed by atoms with van der Waals surface area (Å²) in [6.45, 7) is 0.551. The van der Waals surface area contributed by atoms with Crippen LogP contribution in [0, 0.1) is 0 Å². The molecule has 0 aliphatic carbocycles. The van der Waals surface area contributed by atoms with Crippen LogP contribution in [0.25, 0.3) is 0 Å². The van der Waals surface area contributed by atoms with E-state index in [9.17, 15) is 4.79 Å². The first kappa shape index (κ1) is 9.08. The molecule has 0 radical (unpaired) electrons. The maximum Gasteiger partial charge on any atom is 0.279 e. The maximum atomic E-state index is 10.6. The van der Waals surface area contributed by atoms with E-state index in [1.54, 1.807) is 7.11 Å². The van der Waals surface area contributed by atoms with E-state index in [1.807, 2.05) is 0 Å². The number of rotatable bonds is 4. The Morgan fingerprint density at radius 1 is 1.75 bits per heavy atom. The monoisotopic (exact) mass is 187 g/mol. The van der Waals surface area contributed by atoms with Gasteiger partial charge in [0.15, 0.2) is 0 Å². The lowest BCUT2D eigenvalue weighted by molar-refractivity contribution is 0.0999.